The molecule has 0 amide bonds. The number of anilines is 1. The van der Waals surface area contributed by atoms with Gasteiger partial charge in [-0.25, -0.2) is 4.98 Å². The Labute approximate surface area is 163 Å². The third-order valence-corrected chi connectivity index (χ3v) is 4.33. The van der Waals surface area contributed by atoms with Crippen molar-refractivity contribution in [2.75, 3.05) is 19.5 Å². The number of hydrogen-bond donors (Lipinski definition) is 1. The Hall–Kier alpha value is -3.69. The average Bonchev–Trinajstić information content (AvgIpc) is 3.12. The molecule has 0 bridgehead atoms. The van der Waals surface area contributed by atoms with Crippen molar-refractivity contribution in [3.8, 4) is 23.2 Å². The first-order valence-electron chi connectivity index (χ1n) is 8.52. The van der Waals surface area contributed by atoms with Crippen LogP contribution in [0.2, 0.25) is 0 Å². The number of hydrogen-bond acceptors (Lipinski definition) is 6. The summed E-state index contributed by atoms with van der Waals surface area (Å²) in [4.78, 5) is 8.78. The summed E-state index contributed by atoms with van der Waals surface area (Å²) in [7, 11) is 3.23. The molecular weight excluding hydrogens is 385 g/mol. The number of alkyl halides is 3. The first-order chi connectivity index (χ1) is 13.9. The highest BCUT2D eigenvalue weighted by Gasteiger charge is 2.31. The number of ether oxygens (including phenoxy) is 1. The van der Waals surface area contributed by atoms with Crippen LogP contribution in [0, 0.1) is 0 Å². The fourth-order valence-corrected chi connectivity index (χ4v) is 2.88. The molecular formula is C19H15F3N6O. The van der Waals surface area contributed by atoms with Crippen LogP contribution in [0.25, 0.3) is 28.4 Å². The lowest BCUT2D eigenvalue weighted by molar-refractivity contribution is -0.137. The SMILES string of the molecule is CNc1ccc(-c2nc3cc(C(F)(F)F)ccc3n2-c2ccc(OC)nn2)nc1. The molecule has 0 aliphatic rings. The summed E-state index contributed by atoms with van der Waals surface area (Å²) in [5.41, 5.74) is 1.12. The van der Waals surface area contributed by atoms with Crippen LogP contribution in [0.4, 0.5) is 18.9 Å². The second kappa shape index (κ2) is 7.04. The van der Waals surface area contributed by atoms with Crippen LogP contribution in [-0.2, 0) is 6.18 Å². The van der Waals surface area contributed by atoms with Crippen molar-refractivity contribution >= 4 is 16.7 Å². The van der Waals surface area contributed by atoms with Gasteiger partial charge in [0.25, 0.3) is 0 Å². The highest BCUT2D eigenvalue weighted by molar-refractivity contribution is 5.83. The van der Waals surface area contributed by atoms with E-state index in [0.29, 0.717) is 28.7 Å². The monoisotopic (exact) mass is 400 g/mol. The molecule has 4 rings (SSSR count). The number of halogens is 3. The van der Waals surface area contributed by atoms with Gasteiger partial charge in [0.05, 0.1) is 35.6 Å². The van der Waals surface area contributed by atoms with Crippen LogP contribution >= 0.6 is 0 Å². The summed E-state index contributed by atoms with van der Waals surface area (Å²) < 4.78 is 46.1. The van der Waals surface area contributed by atoms with Gasteiger partial charge in [0.1, 0.15) is 5.69 Å². The summed E-state index contributed by atoms with van der Waals surface area (Å²) >= 11 is 0. The molecule has 1 N–H and O–H groups in total. The second-order valence-electron chi connectivity index (χ2n) is 6.09. The summed E-state index contributed by atoms with van der Waals surface area (Å²) in [6, 6.07) is 10.2. The molecule has 0 saturated carbocycles. The molecule has 0 saturated heterocycles. The van der Waals surface area contributed by atoms with Crippen molar-refractivity contribution in [2.45, 2.75) is 6.18 Å². The zero-order valence-electron chi connectivity index (χ0n) is 15.4. The summed E-state index contributed by atoms with van der Waals surface area (Å²) in [5, 5.41) is 11.0. The second-order valence-corrected chi connectivity index (χ2v) is 6.09. The van der Waals surface area contributed by atoms with Gasteiger partial charge in [-0.2, -0.15) is 13.2 Å². The molecule has 7 nitrogen and oxygen atoms in total. The molecule has 4 aromatic rings. The van der Waals surface area contributed by atoms with Crippen molar-refractivity contribution in [1.29, 1.82) is 0 Å². The number of methoxy groups -OCH3 is 1. The number of nitrogens with one attached hydrogen (secondary N) is 1. The minimum absolute atomic E-state index is 0.173. The van der Waals surface area contributed by atoms with E-state index in [1.54, 1.807) is 42.1 Å². The van der Waals surface area contributed by atoms with Crippen LogP contribution in [-0.4, -0.2) is 38.9 Å². The maximum atomic E-state index is 13.1. The molecule has 0 spiro atoms. The summed E-state index contributed by atoms with van der Waals surface area (Å²) in [6.45, 7) is 0. The molecule has 1 aromatic carbocycles. The van der Waals surface area contributed by atoms with Gasteiger partial charge >= 0.3 is 6.18 Å². The van der Waals surface area contributed by atoms with Gasteiger partial charge in [0.2, 0.25) is 5.88 Å². The molecule has 0 aliphatic heterocycles. The van der Waals surface area contributed by atoms with E-state index in [9.17, 15) is 13.2 Å². The van der Waals surface area contributed by atoms with Gasteiger partial charge in [-0.1, -0.05) is 0 Å². The third kappa shape index (κ3) is 3.44. The van der Waals surface area contributed by atoms with Gasteiger partial charge in [-0.3, -0.25) is 9.55 Å². The number of aromatic nitrogens is 5. The van der Waals surface area contributed by atoms with E-state index in [4.69, 9.17) is 4.74 Å². The Morgan fingerprint density at radius 3 is 2.45 bits per heavy atom. The lowest BCUT2D eigenvalue weighted by atomic mass is 10.2. The topological polar surface area (TPSA) is 77.8 Å². The predicted octanol–water partition coefficient (Wildman–Crippen LogP) is 3.95. The molecule has 3 heterocycles. The standard InChI is InChI=1S/C19H15F3N6O/c1-23-12-4-5-13(24-10-12)18-25-14-9-11(19(20,21)22)3-6-15(14)28(18)16-7-8-17(29-2)27-26-16/h3-10,23H,1-2H3. The zero-order chi connectivity index (χ0) is 20.6. The lowest BCUT2D eigenvalue weighted by Gasteiger charge is -2.09. The first-order valence-corrected chi connectivity index (χ1v) is 8.52. The van der Waals surface area contributed by atoms with Crippen LogP contribution < -0.4 is 10.1 Å². The van der Waals surface area contributed by atoms with Crippen molar-refractivity contribution in [3.05, 3.63) is 54.2 Å². The average molecular weight is 400 g/mol. The fraction of sp³-hybridized carbons (Fsp3) is 0.158. The zero-order valence-corrected chi connectivity index (χ0v) is 15.4. The Bertz CT molecular complexity index is 1150. The van der Waals surface area contributed by atoms with Crippen molar-refractivity contribution in [3.63, 3.8) is 0 Å². The molecule has 0 atom stereocenters. The smallest absolute Gasteiger partial charge is 0.416 e. The van der Waals surface area contributed by atoms with E-state index in [-0.39, 0.29) is 5.52 Å². The Morgan fingerprint density at radius 2 is 1.86 bits per heavy atom. The molecule has 3 aromatic heterocycles. The van der Waals surface area contributed by atoms with E-state index >= 15 is 0 Å². The molecule has 0 radical (unpaired) electrons. The molecule has 29 heavy (non-hydrogen) atoms. The normalized spacial score (nSPS) is 11.6. The van der Waals surface area contributed by atoms with Crippen molar-refractivity contribution in [1.82, 2.24) is 24.7 Å². The molecule has 0 fully saturated rings. The number of nitrogens with zero attached hydrogens (tertiary/aromatic N) is 5. The molecule has 148 valence electrons. The minimum Gasteiger partial charge on any atom is -0.480 e. The van der Waals surface area contributed by atoms with E-state index in [0.717, 1.165) is 17.8 Å². The lowest BCUT2D eigenvalue weighted by Crippen LogP contribution is -2.05. The Balaban J connectivity index is 1.95. The van der Waals surface area contributed by atoms with E-state index in [1.165, 1.54) is 13.2 Å². The molecule has 10 heteroatoms. The fourth-order valence-electron chi connectivity index (χ4n) is 2.88. The summed E-state index contributed by atoms with van der Waals surface area (Å²) in [5.74, 6) is 1.04. The van der Waals surface area contributed by atoms with Gasteiger partial charge < -0.3 is 10.1 Å². The highest BCUT2D eigenvalue weighted by atomic mass is 19.4. The van der Waals surface area contributed by atoms with Crippen LogP contribution in [0.5, 0.6) is 5.88 Å². The van der Waals surface area contributed by atoms with Gasteiger partial charge in [-0.15, -0.1) is 10.2 Å². The van der Waals surface area contributed by atoms with Gasteiger partial charge in [0, 0.05) is 13.1 Å². The number of rotatable bonds is 4. The Kier molecular flexibility index (Phi) is 4.53. The van der Waals surface area contributed by atoms with Crippen LogP contribution in [0.1, 0.15) is 5.56 Å². The van der Waals surface area contributed by atoms with Crippen LogP contribution in [0.3, 0.4) is 0 Å². The quantitative estimate of drug-likeness (QED) is 0.559. The maximum absolute atomic E-state index is 13.1. The largest absolute Gasteiger partial charge is 0.480 e. The number of benzene rings is 1. The third-order valence-electron chi connectivity index (χ3n) is 4.33. The highest BCUT2D eigenvalue weighted by Crippen LogP contribution is 2.34. The first kappa shape index (κ1) is 18.7. The molecule has 0 aliphatic carbocycles. The predicted molar refractivity (Wildman–Crippen MR) is 101 cm³/mol. The van der Waals surface area contributed by atoms with E-state index in [2.05, 4.69) is 25.5 Å². The maximum Gasteiger partial charge on any atom is 0.416 e. The van der Waals surface area contributed by atoms with Crippen molar-refractivity contribution in [2.24, 2.45) is 0 Å². The number of fused-ring (bicyclic) bond motifs is 1. The number of pyridine rings is 1. The molecule has 0 unspecified atom stereocenters. The van der Waals surface area contributed by atoms with E-state index < -0.39 is 11.7 Å². The van der Waals surface area contributed by atoms with Crippen molar-refractivity contribution < 1.29 is 17.9 Å². The number of imidazole rings is 1. The summed E-state index contributed by atoms with van der Waals surface area (Å²) in [6.07, 6.45) is -2.86. The Morgan fingerprint density at radius 1 is 1.03 bits per heavy atom. The van der Waals surface area contributed by atoms with Gasteiger partial charge in [0.15, 0.2) is 11.6 Å². The van der Waals surface area contributed by atoms with Gasteiger partial charge in [-0.05, 0) is 36.4 Å². The van der Waals surface area contributed by atoms with E-state index in [1.807, 2.05) is 0 Å². The van der Waals surface area contributed by atoms with Crippen LogP contribution in [0.15, 0.2) is 48.7 Å². The minimum atomic E-state index is -4.47.